The van der Waals surface area contributed by atoms with E-state index in [2.05, 4.69) is 25.6 Å². The van der Waals surface area contributed by atoms with Crippen LogP contribution in [-0.2, 0) is 20.8 Å². The number of imidazole rings is 1. The normalized spacial score (nSPS) is 17.7. The van der Waals surface area contributed by atoms with Gasteiger partial charge in [-0.1, -0.05) is 11.6 Å². The molecule has 1 saturated heterocycles. The zero-order chi connectivity index (χ0) is 36.8. The highest BCUT2D eigenvalue weighted by atomic mass is 35.5. The first-order valence-corrected chi connectivity index (χ1v) is 16.2. The standard InChI is InChI=1S/C32H38ClFN8O8/c1-30(2,3)49-27(45)39-32(26(44)38-18-7-8-18)9-10-40(14-32)20-11-17(13-43)22(34)21(33)19(20)12-41-16-37-23-24(41)35-15-36-25(23)42(28(46)47)29(48)50-31(4,5)6/h11,13,15-16,18H,7-10,12,14H2,1-6H3,(H,38,44)(H,39,45)(H,46,47). The summed E-state index contributed by atoms with van der Waals surface area (Å²) in [5.41, 5.74) is -3.16. The third-order valence-corrected chi connectivity index (χ3v) is 8.22. The number of nitrogens with zero attached hydrogens (tertiary/aromatic N) is 6. The highest BCUT2D eigenvalue weighted by Crippen LogP contribution is 2.38. The van der Waals surface area contributed by atoms with Crippen LogP contribution in [0.1, 0.15) is 76.7 Å². The molecule has 1 aliphatic carbocycles. The summed E-state index contributed by atoms with van der Waals surface area (Å²) >= 11 is 6.58. The smallest absolute Gasteiger partial charge is 0.425 e. The molecule has 0 spiro atoms. The van der Waals surface area contributed by atoms with Crippen molar-refractivity contribution in [2.45, 2.75) is 90.1 Å². The quantitative estimate of drug-likeness (QED) is 0.273. The van der Waals surface area contributed by atoms with Crippen LogP contribution >= 0.6 is 11.6 Å². The molecule has 3 heterocycles. The van der Waals surface area contributed by atoms with Crippen LogP contribution in [-0.4, -0.2) is 91.0 Å². The van der Waals surface area contributed by atoms with E-state index in [1.165, 1.54) is 17.0 Å². The number of hydrogen-bond acceptors (Lipinski definition) is 11. The largest absolute Gasteiger partial charge is 0.464 e. The zero-order valence-corrected chi connectivity index (χ0v) is 29.1. The van der Waals surface area contributed by atoms with Gasteiger partial charge in [-0.05, 0) is 66.9 Å². The number of fused-ring (bicyclic) bond motifs is 1. The maximum atomic E-state index is 15.4. The Hall–Kier alpha value is -5.06. The number of alkyl carbamates (subject to hydrolysis) is 1. The van der Waals surface area contributed by atoms with Gasteiger partial charge in [-0.2, -0.15) is 4.90 Å². The van der Waals surface area contributed by atoms with Crippen LogP contribution in [0.5, 0.6) is 0 Å². The Bertz CT molecular complexity index is 1870. The average molecular weight is 717 g/mol. The lowest BCUT2D eigenvalue weighted by molar-refractivity contribution is -0.127. The number of halogens is 2. The van der Waals surface area contributed by atoms with Gasteiger partial charge in [0.25, 0.3) is 0 Å². The first-order chi connectivity index (χ1) is 23.3. The maximum absolute atomic E-state index is 15.4. The summed E-state index contributed by atoms with van der Waals surface area (Å²) in [4.78, 5) is 78.0. The maximum Gasteiger partial charge on any atom is 0.425 e. The van der Waals surface area contributed by atoms with Gasteiger partial charge < -0.3 is 34.7 Å². The SMILES string of the molecule is CC(C)(C)OC(=O)NC1(C(=O)NC2CC2)CCN(c2cc(C=O)c(F)c(Cl)c2Cn2cnc3c(N(C(=O)O)C(=O)OC(C)(C)C)ncnc32)C1. The second-order valence-corrected chi connectivity index (χ2v) is 14.6. The fourth-order valence-corrected chi connectivity index (χ4v) is 5.74. The van der Waals surface area contributed by atoms with Gasteiger partial charge in [0.15, 0.2) is 29.1 Å². The summed E-state index contributed by atoms with van der Waals surface area (Å²) in [7, 11) is 0. The van der Waals surface area contributed by atoms with Gasteiger partial charge in [0.1, 0.15) is 23.1 Å². The van der Waals surface area contributed by atoms with E-state index in [9.17, 15) is 29.1 Å². The van der Waals surface area contributed by atoms with Crippen molar-refractivity contribution in [1.82, 2.24) is 30.2 Å². The van der Waals surface area contributed by atoms with E-state index in [0.717, 1.165) is 19.2 Å². The minimum Gasteiger partial charge on any atom is -0.464 e. The number of hydrogen-bond donors (Lipinski definition) is 3. The molecule has 3 N–H and O–H groups in total. The Morgan fingerprint density at radius 1 is 1.12 bits per heavy atom. The molecule has 1 saturated carbocycles. The van der Waals surface area contributed by atoms with E-state index in [1.54, 1.807) is 46.4 Å². The monoisotopic (exact) mass is 716 g/mol. The number of imide groups is 1. The van der Waals surface area contributed by atoms with E-state index < -0.39 is 46.7 Å². The van der Waals surface area contributed by atoms with Crippen LogP contribution in [0.2, 0.25) is 5.02 Å². The minimum atomic E-state index is -1.67. The molecule has 18 heteroatoms. The Morgan fingerprint density at radius 2 is 1.80 bits per heavy atom. The summed E-state index contributed by atoms with van der Waals surface area (Å²) in [6.07, 6.45) is 0.729. The summed E-state index contributed by atoms with van der Waals surface area (Å²) in [5.74, 6) is -1.76. The van der Waals surface area contributed by atoms with Gasteiger partial charge in [-0.15, -0.1) is 0 Å². The lowest BCUT2D eigenvalue weighted by atomic mass is 9.97. The lowest BCUT2D eigenvalue weighted by Gasteiger charge is -2.32. The molecule has 2 fully saturated rings. The summed E-state index contributed by atoms with van der Waals surface area (Å²) in [6.45, 7) is 9.73. The third-order valence-electron chi connectivity index (χ3n) is 7.83. The van der Waals surface area contributed by atoms with Gasteiger partial charge in [-0.25, -0.2) is 33.7 Å². The number of benzene rings is 1. The van der Waals surface area contributed by atoms with Crippen molar-refractivity contribution in [2.24, 2.45) is 0 Å². The zero-order valence-electron chi connectivity index (χ0n) is 28.4. The Balaban J connectivity index is 1.53. The Morgan fingerprint density at radius 3 is 2.40 bits per heavy atom. The Labute approximate surface area is 291 Å². The molecule has 50 heavy (non-hydrogen) atoms. The summed E-state index contributed by atoms with van der Waals surface area (Å²) in [5, 5.41) is 15.2. The van der Waals surface area contributed by atoms with Crippen molar-refractivity contribution in [3.8, 4) is 0 Å². The Kier molecular flexibility index (Phi) is 9.66. The van der Waals surface area contributed by atoms with E-state index in [0.29, 0.717) is 16.9 Å². The first-order valence-electron chi connectivity index (χ1n) is 15.8. The second-order valence-electron chi connectivity index (χ2n) is 14.2. The highest BCUT2D eigenvalue weighted by molar-refractivity contribution is 6.32. The predicted molar refractivity (Wildman–Crippen MR) is 178 cm³/mol. The number of rotatable bonds is 8. The fourth-order valence-electron chi connectivity index (χ4n) is 5.48. The number of aldehydes is 1. The van der Waals surface area contributed by atoms with Crippen LogP contribution in [0, 0.1) is 5.82 Å². The number of amides is 4. The second kappa shape index (κ2) is 13.3. The number of ether oxygens (including phenoxy) is 2. The van der Waals surface area contributed by atoms with Crippen LogP contribution in [0.25, 0.3) is 11.2 Å². The number of carboxylic acid groups (broad SMARTS) is 1. The van der Waals surface area contributed by atoms with Crippen molar-refractivity contribution in [3.63, 3.8) is 0 Å². The summed E-state index contributed by atoms with van der Waals surface area (Å²) < 4.78 is 27.6. The molecule has 0 bridgehead atoms. The van der Waals surface area contributed by atoms with Gasteiger partial charge in [0, 0.05) is 23.8 Å². The van der Waals surface area contributed by atoms with E-state index in [1.807, 2.05) is 0 Å². The van der Waals surface area contributed by atoms with Crippen LogP contribution in [0.3, 0.4) is 0 Å². The van der Waals surface area contributed by atoms with Crippen molar-refractivity contribution in [3.05, 3.63) is 40.7 Å². The molecule has 5 rings (SSSR count). The van der Waals surface area contributed by atoms with E-state index in [-0.39, 0.29) is 65.2 Å². The molecule has 4 amide bonds. The van der Waals surface area contributed by atoms with Crippen molar-refractivity contribution in [1.29, 1.82) is 0 Å². The molecule has 0 radical (unpaired) electrons. The molecule has 16 nitrogen and oxygen atoms in total. The lowest BCUT2D eigenvalue weighted by Crippen LogP contribution is -2.61. The predicted octanol–water partition coefficient (Wildman–Crippen LogP) is 4.65. The number of nitrogens with one attached hydrogen (secondary N) is 2. The molecular formula is C32H38ClFN8O8. The van der Waals surface area contributed by atoms with Crippen LogP contribution in [0.15, 0.2) is 18.7 Å². The third kappa shape index (κ3) is 7.72. The molecular weight excluding hydrogens is 679 g/mol. The van der Waals surface area contributed by atoms with Crippen molar-refractivity contribution in [2.75, 3.05) is 22.9 Å². The fraction of sp³-hybridized carbons (Fsp3) is 0.500. The number of aromatic nitrogens is 4. The van der Waals surface area contributed by atoms with Crippen molar-refractivity contribution < 1.29 is 42.9 Å². The van der Waals surface area contributed by atoms with Crippen molar-refractivity contribution >= 4 is 64.7 Å². The molecule has 2 aromatic heterocycles. The molecule has 268 valence electrons. The number of carbonyl (C=O) groups is 5. The molecule has 2 aliphatic rings. The number of carbonyl (C=O) groups excluding carboxylic acids is 4. The minimum absolute atomic E-state index is 0.0138. The van der Waals surface area contributed by atoms with Gasteiger partial charge in [0.05, 0.1) is 30.0 Å². The van der Waals surface area contributed by atoms with Crippen LogP contribution < -0.4 is 20.4 Å². The van der Waals surface area contributed by atoms with E-state index in [4.69, 9.17) is 21.1 Å². The topological polar surface area (TPSA) is 198 Å². The molecule has 3 aromatic rings. The summed E-state index contributed by atoms with van der Waals surface area (Å²) in [6, 6.07) is 1.29. The molecule has 1 aliphatic heterocycles. The molecule has 1 atom stereocenters. The van der Waals surface area contributed by atoms with Gasteiger partial charge in [0.2, 0.25) is 5.91 Å². The highest BCUT2D eigenvalue weighted by Gasteiger charge is 2.48. The van der Waals surface area contributed by atoms with Gasteiger partial charge >= 0.3 is 18.3 Å². The number of anilines is 2. The molecule has 1 unspecified atom stereocenters. The van der Waals surface area contributed by atoms with Gasteiger partial charge in [-0.3, -0.25) is 9.59 Å². The molecule has 1 aromatic carbocycles. The average Bonchev–Trinajstić information content (AvgIpc) is 3.55. The first kappa shape index (κ1) is 36.2. The van der Waals surface area contributed by atoms with Crippen LogP contribution in [0.4, 0.5) is 30.3 Å². The van der Waals surface area contributed by atoms with E-state index >= 15 is 4.39 Å².